The number of morpholine rings is 1. The molecule has 0 spiro atoms. The standard InChI is InChI=1S/C17H28N4O2/c1-19-7-8-23-16(12-19)13-21(11-14-3-4-14)17(22)6-5-15-9-18-20(2)10-15/h9-10,14,16H,3-8,11-13H2,1-2H3/t16-/m0/s1. The van der Waals surface area contributed by atoms with Gasteiger partial charge in [0.2, 0.25) is 5.91 Å². The highest BCUT2D eigenvalue weighted by atomic mass is 16.5. The molecule has 1 aromatic rings. The third-order valence-corrected chi connectivity index (χ3v) is 4.68. The van der Waals surface area contributed by atoms with Crippen molar-refractivity contribution in [1.82, 2.24) is 19.6 Å². The van der Waals surface area contributed by atoms with Gasteiger partial charge in [0.15, 0.2) is 0 Å². The number of rotatable bonds is 7. The maximum atomic E-state index is 12.7. The number of likely N-dealkylation sites (N-methyl/N-ethyl adjacent to an activating group) is 1. The van der Waals surface area contributed by atoms with Crippen LogP contribution < -0.4 is 0 Å². The Morgan fingerprint density at radius 3 is 2.87 bits per heavy atom. The summed E-state index contributed by atoms with van der Waals surface area (Å²) >= 11 is 0. The lowest BCUT2D eigenvalue weighted by atomic mass is 10.1. The molecule has 0 radical (unpaired) electrons. The first-order valence-corrected chi connectivity index (χ1v) is 8.65. The minimum absolute atomic E-state index is 0.148. The second kappa shape index (κ2) is 7.45. The Kier molecular flexibility index (Phi) is 5.33. The Hall–Kier alpha value is -1.40. The lowest BCUT2D eigenvalue weighted by Gasteiger charge is -2.34. The molecule has 0 bridgehead atoms. The monoisotopic (exact) mass is 320 g/mol. The largest absolute Gasteiger partial charge is 0.374 e. The number of hydrogen-bond donors (Lipinski definition) is 0. The highest BCUT2D eigenvalue weighted by molar-refractivity contribution is 5.76. The minimum atomic E-state index is 0.148. The van der Waals surface area contributed by atoms with Crippen LogP contribution in [0.2, 0.25) is 0 Å². The second-order valence-electron chi connectivity index (χ2n) is 7.02. The molecule has 0 N–H and O–H groups in total. The van der Waals surface area contributed by atoms with E-state index in [2.05, 4.69) is 17.0 Å². The van der Waals surface area contributed by atoms with Gasteiger partial charge in [-0.1, -0.05) is 0 Å². The van der Waals surface area contributed by atoms with Crippen molar-refractivity contribution in [2.75, 3.05) is 39.8 Å². The van der Waals surface area contributed by atoms with Gasteiger partial charge in [0, 0.05) is 45.8 Å². The number of hydrogen-bond acceptors (Lipinski definition) is 4. The summed E-state index contributed by atoms with van der Waals surface area (Å²) in [5.74, 6) is 0.955. The average molecular weight is 320 g/mol. The number of ether oxygens (including phenoxy) is 1. The fourth-order valence-corrected chi connectivity index (χ4v) is 3.12. The summed E-state index contributed by atoms with van der Waals surface area (Å²) in [7, 11) is 4.02. The highest BCUT2D eigenvalue weighted by Crippen LogP contribution is 2.30. The third kappa shape index (κ3) is 5.04. The van der Waals surface area contributed by atoms with E-state index in [1.54, 1.807) is 4.68 Å². The van der Waals surface area contributed by atoms with Crippen LogP contribution in [-0.4, -0.2) is 71.4 Å². The third-order valence-electron chi connectivity index (χ3n) is 4.68. The van der Waals surface area contributed by atoms with Crippen molar-refractivity contribution in [3.05, 3.63) is 18.0 Å². The van der Waals surface area contributed by atoms with E-state index in [0.29, 0.717) is 12.3 Å². The molecule has 2 aliphatic rings. The van der Waals surface area contributed by atoms with E-state index in [9.17, 15) is 4.79 Å². The molecule has 1 aliphatic carbocycles. The van der Waals surface area contributed by atoms with Gasteiger partial charge in [0.25, 0.3) is 0 Å². The Balaban J connectivity index is 1.52. The van der Waals surface area contributed by atoms with Crippen LogP contribution in [0.25, 0.3) is 0 Å². The Morgan fingerprint density at radius 2 is 2.22 bits per heavy atom. The van der Waals surface area contributed by atoms with Gasteiger partial charge in [0.1, 0.15) is 0 Å². The van der Waals surface area contributed by atoms with Gasteiger partial charge in [0.05, 0.1) is 18.9 Å². The molecule has 1 saturated carbocycles. The van der Waals surface area contributed by atoms with E-state index in [0.717, 1.165) is 44.8 Å². The number of aromatic nitrogens is 2. The zero-order valence-corrected chi connectivity index (χ0v) is 14.3. The summed E-state index contributed by atoms with van der Waals surface area (Å²) in [4.78, 5) is 17.0. The number of aryl methyl sites for hydroxylation is 2. The maximum absolute atomic E-state index is 12.7. The molecule has 128 valence electrons. The Labute approximate surface area is 138 Å². The molecule has 23 heavy (non-hydrogen) atoms. The van der Waals surface area contributed by atoms with E-state index in [1.807, 2.05) is 24.3 Å². The molecule has 6 nitrogen and oxygen atoms in total. The van der Waals surface area contributed by atoms with Crippen LogP contribution in [0.4, 0.5) is 0 Å². The van der Waals surface area contributed by atoms with Gasteiger partial charge in [-0.15, -0.1) is 0 Å². The van der Waals surface area contributed by atoms with Crippen LogP contribution in [0, 0.1) is 5.92 Å². The maximum Gasteiger partial charge on any atom is 0.223 e. The molecule has 1 saturated heterocycles. The van der Waals surface area contributed by atoms with Gasteiger partial charge in [-0.3, -0.25) is 9.48 Å². The van der Waals surface area contributed by atoms with E-state index in [1.165, 1.54) is 12.8 Å². The quantitative estimate of drug-likeness (QED) is 0.750. The summed E-state index contributed by atoms with van der Waals surface area (Å²) in [5.41, 5.74) is 1.13. The summed E-state index contributed by atoms with van der Waals surface area (Å²) in [6, 6.07) is 0. The SMILES string of the molecule is CN1CCO[C@H](CN(CC2CC2)C(=O)CCc2cnn(C)c2)C1. The lowest BCUT2D eigenvalue weighted by molar-refractivity contribution is -0.134. The van der Waals surface area contributed by atoms with Gasteiger partial charge < -0.3 is 14.5 Å². The highest BCUT2D eigenvalue weighted by Gasteiger charge is 2.29. The summed E-state index contributed by atoms with van der Waals surface area (Å²) in [5, 5.41) is 4.17. The van der Waals surface area contributed by atoms with Gasteiger partial charge in [-0.25, -0.2) is 0 Å². The first kappa shape index (κ1) is 16.5. The number of carbonyl (C=O) groups excluding carboxylic acids is 1. The van der Waals surface area contributed by atoms with E-state index >= 15 is 0 Å². The molecule has 1 atom stereocenters. The van der Waals surface area contributed by atoms with Crippen LogP contribution in [-0.2, 0) is 23.0 Å². The van der Waals surface area contributed by atoms with Crippen molar-refractivity contribution in [2.45, 2.75) is 31.8 Å². The molecule has 1 aliphatic heterocycles. The van der Waals surface area contributed by atoms with E-state index in [4.69, 9.17) is 4.74 Å². The molecule has 0 aromatic carbocycles. The molecule has 6 heteroatoms. The molecule has 2 fully saturated rings. The smallest absolute Gasteiger partial charge is 0.223 e. The van der Waals surface area contributed by atoms with Crippen molar-refractivity contribution in [1.29, 1.82) is 0 Å². The first-order chi connectivity index (χ1) is 11.1. The zero-order valence-electron chi connectivity index (χ0n) is 14.3. The van der Waals surface area contributed by atoms with Crippen molar-refractivity contribution in [3.8, 4) is 0 Å². The second-order valence-corrected chi connectivity index (χ2v) is 7.02. The van der Waals surface area contributed by atoms with E-state index < -0.39 is 0 Å². The zero-order chi connectivity index (χ0) is 16.2. The first-order valence-electron chi connectivity index (χ1n) is 8.65. The molecular weight excluding hydrogens is 292 g/mol. The van der Waals surface area contributed by atoms with Crippen LogP contribution in [0.3, 0.4) is 0 Å². The fourth-order valence-electron chi connectivity index (χ4n) is 3.12. The summed E-state index contributed by atoms with van der Waals surface area (Å²) in [6.45, 7) is 4.29. The predicted molar refractivity (Wildman–Crippen MR) is 88.1 cm³/mol. The molecule has 3 rings (SSSR count). The molecular formula is C17H28N4O2. The number of nitrogens with zero attached hydrogens (tertiary/aromatic N) is 4. The van der Waals surface area contributed by atoms with Crippen molar-refractivity contribution in [2.24, 2.45) is 13.0 Å². The molecule has 1 amide bonds. The van der Waals surface area contributed by atoms with E-state index in [-0.39, 0.29) is 12.0 Å². The van der Waals surface area contributed by atoms with Crippen LogP contribution >= 0.6 is 0 Å². The lowest BCUT2D eigenvalue weighted by Crippen LogP contribution is -2.48. The Bertz CT molecular complexity index is 526. The van der Waals surface area contributed by atoms with Crippen molar-refractivity contribution < 1.29 is 9.53 Å². The summed E-state index contributed by atoms with van der Waals surface area (Å²) < 4.78 is 7.63. The van der Waals surface area contributed by atoms with Crippen molar-refractivity contribution in [3.63, 3.8) is 0 Å². The Morgan fingerprint density at radius 1 is 1.39 bits per heavy atom. The minimum Gasteiger partial charge on any atom is -0.374 e. The fraction of sp³-hybridized carbons (Fsp3) is 0.765. The van der Waals surface area contributed by atoms with Gasteiger partial charge in [-0.05, 0) is 37.8 Å². The predicted octanol–water partition coefficient (Wildman–Crippen LogP) is 0.922. The molecule has 2 heterocycles. The molecule has 1 aromatic heterocycles. The normalized spacial score (nSPS) is 22.3. The van der Waals surface area contributed by atoms with Crippen molar-refractivity contribution >= 4 is 5.91 Å². The van der Waals surface area contributed by atoms with Gasteiger partial charge >= 0.3 is 0 Å². The number of carbonyl (C=O) groups is 1. The molecule has 0 unspecified atom stereocenters. The average Bonchev–Trinajstić information content (AvgIpc) is 3.24. The summed E-state index contributed by atoms with van der Waals surface area (Å²) in [6.07, 6.45) is 7.82. The van der Waals surface area contributed by atoms with Crippen LogP contribution in [0.15, 0.2) is 12.4 Å². The van der Waals surface area contributed by atoms with Crippen LogP contribution in [0.5, 0.6) is 0 Å². The van der Waals surface area contributed by atoms with Crippen LogP contribution in [0.1, 0.15) is 24.8 Å². The van der Waals surface area contributed by atoms with Gasteiger partial charge in [-0.2, -0.15) is 5.10 Å². The number of amides is 1. The topological polar surface area (TPSA) is 50.6 Å².